The number of nitrogens with zero attached hydrogens (tertiary/aromatic N) is 2. The van der Waals surface area contributed by atoms with Crippen LogP contribution in [0.1, 0.15) is 25.7 Å². The van der Waals surface area contributed by atoms with E-state index < -0.39 is 0 Å². The highest BCUT2D eigenvalue weighted by molar-refractivity contribution is 4.88. The molecule has 1 saturated heterocycles. The minimum Gasteiger partial charge on any atom is -0.396 e. The van der Waals surface area contributed by atoms with Crippen molar-refractivity contribution in [3.05, 3.63) is 0 Å². The molecule has 3 nitrogen and oxygen atoms in total. The van der Waals surface area contributed by atoms with E-state index in [4.69, 9.17) is 0 Å². The number of hydrogen-bond acceptors (Lipinski definition) is 3. The third-order valence-corrected chi connectivity index (χ3v) is 4.15. The molecule has 0 bridgehead atoms. The van der Waals surface area contributed by atoms with Crippen LogP contribution < -0.4 is 0 Å². The van der Waals surface area contributed by atoms with E-state index in [0.717, 1.165) is 6.54 Å². The predicted molar refractivity (Wildman–Crippen MR) is 61.9 cm³/mol. The molecule has 1 saturated carbocycles. The number of rotatable bonds is 3. The zero-order valence-electron chi connectivity index (χ0n) is 9.91. The van der Waals surface area contributed by atoms with Gasteiger partial charge in [-0.3, -0.25) is 0 Å². The van der Waals surface area contributed by atoms with Gasteiger partial charge in [0.15, 0.2) is 0 Å². The molecule has 0 aromatic carbocycles. The van der Waals surface area contributed by atoms with Gasteiger partial charge >= 0.3 is 0 Å². The number of hydrogen-bond donors (Lipinski definition) is 1. The number of likely N-dealkylation sites (N-methyl/N-ethyl adjacent to an activating group) is 1. The smallest absolute Gasteiger partial charge is 0.0499 e. The Morgan fingerprint density at radius 2 is 1.67 bits per heavy atom. The van der Waals surface area contributed by atoms with E-state index in [0.29, 0.717) is 6.61 Å². The van der Waals surface area contributed by atoms with E-state index in [-0.39, 0.29) is 5.41 Å². The van der Waals surface area contributed by atoms with Gasteiger partial charge in [0.1, 0.15) is 0 Å². The van der Waals surface area contributed by atoms with Crippen molar-refractivity contribution < 1.29 is 5.11 Å². The lowest BCUT2D eigenvalue weighted by molar-refractivity contribution is 0.0551. The molecule has 15 heavy (non-hydrogen) atoms. The van der Waals surface area contributed by atoms with Crippen LogP contribution in [-0.4, -0.2) is 61.3 Å². The van der Waals surface area contributed by atoms with Crippen LogP contribution in [0.4, 0.5) is 0 Å². The highest BCUT2D eigenvalue weighted by Gasteiger charge is 2.35. The van der Waals surface area contributed by atoms with Crippen molar-refractivity contribution in [3.8, 4) is 0 Å². The normalized spacial score (nSPS) is 28.4. The van der Waals surface area contributed by atoms with E-state index in [1.54, 1.807) is 0 Å². The predicted octanol–water partition coefficient (Wildman–Crippen LogP) is 0.786. The molecule has 2 rings (SSSR count). The second-order valence-corrected chi connectivity index (χ2v) is 5.44. The van der Waals surface area contributed by atoms with Gasteiger partial charge in [0.05, 0.1) is 0 Å². The van der Waals surface area contributed by atoms with Crippen LogP contribution >= 0.6 is 0 Å². The highest BCUT2D eigenvalue weighted by Crippen LogP contribution is 2.38. The fourth-order valence-corrected chi connectivity index (χ4v) is 2.97. The van der Waals surface area contributed by atoms with Gasteiger partial charge in [0.25, 0.3) is 0 Å². The van der Waals surface area contributed by atoms with E-state index >= 15 is 0 Å². The minimum atomic E-state index is 0.246. The third kappa shape index (κ3) is 2.71. The molecule has 2 fully saturated rings. The second-order valence-electron chi connectivity index (χ2n) is 5.44. The first-order valence-corrected chi connectivity index (χ1v) is 6.26. The van der Waals surface area contributed by atoms with Crippen molar-refractivity contribution >= 4 is 0 Å². The molecule has 2 aliphatic rings. The van der Waals surface area contributed by atoms with Gasteiger partial charge in [0, 0.05) is 44.7 Å². The maximum atomic E-state index is 9.56. The summed E-state index contributed by atoms with van der Waals surface area (Å²) in [7, 11) is 2.19. The molecule has 1 aliphatic heterocycles. The first-order chi connectivity index (χ1) is 7.24. The Bertz CT molecular complexity index is 194. The molecule has 88 valence electrons. The molecule has 3 heteroatoms. The fourth-order valence-electron chi connectivity index (χ4n) is 2.97. The van der Waals surface area contributed by atoms with E-state index in [9.17, 15) is 5.11 Å². The summed E-state index contributed by atoms with van der Waals surface area (Å²) < 4.78 is 0. The third-order valence-electron chi connectivity index (χ3n) is 4.15. The maximum absolute atomic E-state index is 9.56. The van der Waals surface area contributed by atoms with Gasteiger partial charge in [-0.15, -0.1) is 0 Å². The molecule has 0 radical (unpaired) electrons. The van der Waals surface area contributed by atoms with Crippen LogP contribution in [0.2, 0.25) is 0 Å². The number of aliphatic hydroxyl groups excluding tert-OH is 1. The largest absolute Gasteiger partial charge is 0.396 e. The van der Waals surface area contributed by atoms with Crippen LogP contribution in [0.3, 0.4) is 0 Å². The van der Waals surface area contributed by atoms with Crippen LogP contribution in [0.15, 0.2) is 0 Å². The monoisotopic (exact) mass is 212 g/mol. The Labute approximate surface area is 93.1 Å². The summed E-state index contributed by atoms with van der Waals surface area (Å²) in [5, 5.41) is 9.56. The average Bonchev–Trinajstić information content (AvgIpc) is 2.71. The topological polar surface area (TPSA) is 26.7 Å². The molecule has 0 aromatic heterocycles. The van der Waals surface area contributed by atoms with Crippen molar-refractivity contribution in [1.29, 1.82) is 0 Å². The molecule has 0 amide bonds. The lowest BCUT2D eigenvalue weighted by Gasteiger charge is -2.38. The maximum Gasteiger partial charge on any atom is 0.0499 e. The van der Waals surface area contributed by atoms with Crippen molar-refractivity contribution in [2.45, 2.75) is 25.7 Å². The Kier molecular flexibility index (Phi) is 3.65. The van der Waals surface area contributed by atoms with Gasteiger partial charge in [0.2, 0.25) is 0 Å². The lowest BCUT2D eigenvalue weighted by Crippen LogP contribution is -2.48. The molecular weight excluding hydrogens is 188 g/mol. The second kappa shape index (κ2) is 4.81. The van der Waals surface area contributed by atoms with Crippen LogP contribution in [0.25, 0.3) is 0 Å². The molecule has 0 unspecified atom stereocenters. The molecular formula is C12H24N2O. The fraction of sp³-hybridized carbons (Fsp3) is 1.00. The van der Waals surface area contributed by atoms with Crippen LogP contribution in [0, 0.1) is 5.41 Å². The standard InChI is InChI=1S/C12H24N2O/c1-13-6-8-14(9-7-13)10-12(11-15)4-2-3-5-12/h15H,2-11H2,1H3. The van der Waals surface area contributed by atoms with E-state index in [1.165, 1.54) is 51.9 Å². The van der Waals surface area contributed by atoms with Gasteiger partial charge in [-0.05, 0) is 19.9 Å². The molecule has 1 heterocycles. The van der Waals surface area contributed by atoms with Gasteiger partial charge in [-0.1, -0.05) is 12.8 Å². The summed E-state index contributed by atoms with van der Waals surface area (Å²) in [6.07, 6.45) is 5.09. The first-order valence-electron chi connectivity index (χ1n) is 6.26. The number of aliphatic hydroxyl groups is 1. The summed E-state index contributed by atoms with van der Waals surface area (Å²) in [5.41, 5.74) is 0.246. The van der Waals surface area contributed by atoms with Crippen molar-refractivity contribution in [2.75, 3.05) is 46.4 Å². The molecule has 1 N–H and O–H groups in total. The quantitative estimate of drug-likeness (QED) is 0.749. The van der Waals surface area contributed by atoms with Crippen LogP contribution in [0.5, 0.6) is 0 Å². The average molecular weight is 212 g/mol. The zero-order valence-corrected chi connectivity index (χ0v) is 9.91. The number of piperazine rings is 1. The Morgan fingerprint density at radius 1 is 1.07 bits per heavy atom. The summed E-state index contributed by atoms with van der Waals surface area (Å²) >= 11 is 0. The van der Waals surface area contributed by atoms with E-state index in [2.05, 4.69) is 16.8 Å². The summed E-state index contributed by atoms with van der Waals surface area (Å²) in [6.45, 7) is 6.23. The molecule has 1 aliphatic carbocycles. The minimum absolute atomic E-state index is 0.246. The van der Waals surface area contributed by atoms with Crippen LogP contribution in [-0.2, 0) is 0 Å². The van der Waals surface area contributed by atoms with Crippen molar-refractivity contribution in [1.82, 2.24) is 9.80 Å². The van der Waals surface area contributed by atoms with E-state index in [1.807, 2.05) is 0 Å². The molecule has 0 atom stereocenters. The van der Waals surface area contributed by atoms with Gasteiger partial charge < -0.3 is 14.9 Å². The van der Waals surface area contributed by atoms with Crippen molar-refractivity contribution in [2.24, 2.45) is 5.41 Å². The zero-order chi connectivity index (χ0) is 10.7. The van der Waals surface area contributed by atoms with Gasteiger partial charge in [-0.25, -0.2) is 0 Å². The Morgan fingerprint density at radius 3 is 2.20 bits per heavy atom. The first kappa shape index (κ1) is 11.4. The van der Waals surface area contributed by atoms with Gasteiger partial charge in [-0.2, -0.15) is 0 Å². The SMILES string of the molecule is CN1CCN(CC2(CO)CCCC2)CC1. The summed E-state index contributed by atoms with van der Waals surface area (Å²) in [5.74, 6) is 0. The Balaban J connectivity index is 1.84. The lowest BCUT2D eigenvalue weighted by atomic mass is 9.86. The summed E-state index contributed by atoms with van der Waals surface area (Å²) in [6, 6.07) is 0. The Hall–Kier alpha value is -0.120. The molecule has 0 spiro atoms. The van der Waals surface area contributed by atoms with Crippen molar-refractivity contribution in [3.63, 3.8) is 0 Å². The molecule has 0 aromatic rings. The summed E-state index contributed by atoms with van der Waals surface area (Å²) in [4.78, 5) is 4.93. The highest BCUT2D eigenvalue weighted by atomic mass is 16.3.